The van der Waals surface area contributed by atoms with Crippen LogP contribution in [0, 0.1) is 0 Å². The topological polar surface area (TPSA) is 49.3 Å². The van der Waals surface area contributed by atoms with Gasteiger partial charge in [0.25, 0.3) is 5.91 Å². The summed E-state index contributed by atoms with van der Waals surface area (Å²) in [6.45, 7) is -0.854. The molecule has 0 aromatic carbocycles. The van der Waals surface area contributed by atoms with E-state index in [1.165, 1.54) is 0 Å². The van der Waals surface area contributed by atoms with Crippen LogP contribution in [0.3, 0.4) is 0 Å². The molecule has 2 N–H and O–H groups in total. The summed E-state index contributed by atoms with van der Waals surface area (Å²) in [6, 6.07) is 1.61. The van der Waals surface area contributed by atoms with E-state index in [4.69, 9.17) is 5.11 Å². The van der Waals surface area contributed by atoms with Crippen molar-refractivity contribution < 1.29 is 23.1 Å². The molecule has 1 unspecified atom stereocenters. The molecule has 16 heavy (non-hydrogen) atoms. The minimum absolute atomic E-state index is 0.273. The number of nitrogens with one attached hydrogen (secondary N) is 1. The zero-order chi connectivity index (χ0) is 12.3. The number of aliphatic hydroxyl groups is 1. The average molecular weight is 318 g/mol. The second-order valence-electron chi connectivity index (χ2n) is 2.87. The molecule has 1 rings (SSSR count). The van der Waals surface area contributed by atoms with Crippen molar-refractivity contribution in [2.45, 2.75) is 12.3 Å². The molecule has 0 aliphatic rings. The molecule has 0 saturated heterocycles. The maximum atomic E-state index is 11.9. The first kappa shape index (κ1) is 13.5. The predicted octanol–water partition coefficient (Wildman–Crippen LogP) is 2.16. The van der Waals surface area contributed by atoms with E-state index in [1.54, 1.807) is 11.4 Å². The van der Waals surface area contributed by atoms with Crippen LogP contribution in [-0.2, 0) is 0 Å². The largest absolute Gasteiger partial charge is 0.416 e. The number of rotatable bonds is 3. The highest BCUT2D eigenvalue weighted by Gasteiger charge is 2.38. The zero-order valence-corrected chi connectivity index (χ0v) is 10.1. The van der Waals surface area contributed by atoms with Crippen LogP contribution in [0.25, 0.3) is 0 Å². The van der Waals surface area contributed by atoms with Gasteiger partial charge in [0.1, 0.15) is 4.88 Å². The van der Waals surface area contributed by atoms with E-state index in [9.17, 15) is 18.0 Å². The quantitative estimate of drug-likeness (QED) is 0.897. The van der Waals surface area contributed by atoms with Crippen LogP contribution >= 0.6 is 27.3 Å². The lowest BCUT2D eigenvalue weighted by molar-refractivity contribution is -0.201. The Bertz CT molecular complexity index is 380. The SMILES string of the molecule is O=C(NCC(O)C(F)(F)F)c1sccc1Br. The van der Waals surface area contributed by atoms with Gasteiger partial charge in [0.15, 0.2) is 6.10 Å². The molecule has 1 heterocycles. The Labute approximate surface area is 101 Å². The van der Waals surface area contributed by atoms with Gasteiger partial charge < -0.3 is 10.4 Å². The fourth-order valence-electron chi connectivity index (χ4n) is 0.841. The van der Waals surface area contributed by atoms with Gasteiger partial charge in [-0.15, -0.1) is 11.3 Å². The highest BCUT2D eigenvalue weighted by atomic mass is 79.9. The molecule has 1 aromatic rings. The van der Waals surface area contributed by atoms with Crippen molar-refractivity contribution in [1.82, 2.24) is 5.32 Å². The second-order valence-corrected chi connectivity index (χ2v) is 4.64. The van der Waals surface area contributed by atoms with Crippen molar-refractivity contribution >= 4 is 33.2 Å². The Kier molecular flexibility index (Phi) is 4.34. The molecule has 1 amide bonds. The van der Waals surface area contributed by atoms with Crippen LogP contribution in [0.15, 0.2) is 15.9 Å². The number of aliphatic hydroxyl groups excluding tert-OH is 1. The van der Waals surface area contributed by atoms with Gasteiger partial charge in [-0.25, -0.2) is 0 Å². The lowest BCUT2D eigenvalue weighted by Gasteiger charge is -2.14. The molecule has 0 bridgehead atoms. The number of thiophene rings is 1. The minimum Gasteiger partial charge on any atom is -0.382 e. The van der Waals surface area contributed by atoms with Gasteiger partial charge in [-0.1, -0.05) is 0 Å². The summed E-state index contributed by atoms with van der Waals surface area (Å²) in [5.41, 5.74) is 0. The second kappa shape index (κ2) is 5.15. The van der Waals surface area contributed by atoms with Gasteiger partial charge in [0.05, 0.1) is 6.54 Å². The third kappa shape index (κ3) is 3.46. The number of carbonyl (C=O) groups is 1. The normalized spacial score (nSPS) is 13.6. The van der Waals surface area contributed by atoms with Crippen LogP contribution in [-0.4, -0.2) is 29.8 Å². The molecule has 3 nitrogen and oxygen atoms in total. The molecule has 0 aliphatic carbocycles. The summed E-state index contributed by atoms with van der Waals surface area (Å²) in [6.07, 6.45) is -7.27. The maximum Gasteiger partial charge on any atom is 0.416 e. The Morgan fingerprint density at radius 2 is 2.25 bits per heavy atom. The number of hydrogen-bond donors (Lipinski definition) is 2. The predicted molar refractivity (Wildman–Crippen MR) is 56.4 cm³/mol. The summed E-state index contributed by atoms with van der Waals surface area (Å²) < 4.78 is 36.3. The smallest absolute Gasteiger partial charge is 0.382 e. The van der Waals surface area contributed by atoms with E-state index in [1.807, 2.05) is 5.32 Å². The summed E-state index contributed by atoms with van der Waals surface area (Å²) in [7, 11) is 0. The van der Waals surface area contributed by atoms with E-state index < -0.39 is 24.7 Å². The maximum absolute atomic E-state index is 11.9. The van der Waals surface area contributed by atoms with Gasteiger partial charge in [-0.05, 0) is 27.4 Å². The van der Waals surface area contributed by atoms with E-state index >= 15 is 0 Å². The standard InChI is InChI=1S/C8H7BrF3NO2S/c9-4-1-2-16-6(4)7(15)13-3-5(14)8(10,11)12/h1-2,5,14H,3H2,(H,13,15). The number of alkyl halides is 3. The van der Waals surface area contributed by atoms with Crippen molar-refractivity contribution in [3.05, 3.63) is 20.8 Å². The first-order valence-corrected chi connectivity index (χ1v) is 5.75. The molecule has 0 radical (unpaired) electrons. The van der Waals surface area contributed by atoms with Crippen LogP contribution in [0.5, 0.6) is 0 Å². The van der Waals surface area contributed by atoms with Crippen LogP contribution < -0.4 is 5.32 Å². The van der Waals surface area contributed by atoms with Gasteiger partial charge in [0, 0.05) is 4.47 Å². The fourth-order valence-corrected chi connectivity index (χ4v) is 2.31. The van der Waals surface area contributed by atoms with Gasteiger partial charge in [-0.3, -0.25) is 4.79 Å². The molecule has 0 spiro atoms. The third-order valence-electron chi connectivity index (χ3n) is 1.66. The van der Waals surface area contributed by atoms with Crippen LogP contribution in [0.2, 0.25) is 0 Å². The van der Waals surface area contributed by atoms with Crippen LogP contribution in [0.4, 0.5) is 13.2 Å². The highest BCUT2D eigenvalue weighted by molar-refractivity contribution is 9.10. The summed E-state index contributed by atoms with van der Waals surface area (Å²) in [5, 5.41) is 12.3. The molecule has 1 atom stereocenters. The van der Waals surface area contributed by atoms with Crippen LogP contribution in [0.1, 0.15) is 9.67 Å². The molecule has 1 aromatic heterocycles. The zero-order valence-electron chi connectivity index (χ0n) is 7.71. The minimum atomic E-state index is -4.72. The first-order valence-electron chi connectivity index (χ1n) is 4.08. The molecule has 0 saturated carbocycles. The van der Waals surface area contributed by atoms with Crippen molar-refractivity contribution in [1.29, 1.82) is 0 Å². The van der Waals surface area contributed by atoms with E-state index in [-0.39, 0.29) is 4.88 Å². The van der Waals surface area contributed by atoms with Crippen molar-refractivity contribution in [2.24, 2.45) is 0 Å². The Morgan fingerprint density at radius 3 is 2.69 bits per heavy atom. The van der Waals surface area contributed by atoms with Crippen molar-refractivity contribution in [2.75, 3.05) is 6.54 Å². The fraction of sp³-hybridized carbons (Fsp3) is 0.375. The molecular formula is C8H7BrF3NO2S. The first-order chi connectivity index (χ1) is 7.32. The number of hydrogen-bond acceptors (Lipinski definition) is 3. The van der Waals surface area contributed by atoms with E-state index in [2.05, 4.69) is 15.9 Å². The van der Waals surface area contributed by atoms with Crippen molar-refractivity contribution in [3.63, 3.8) is 0 Å². The van der Waals surface area contributed by atoms with Gasteiger partial charge in [0.2, 0.25) is 0 Å². The Morgan fingerprint density at radius 1 is 1.62 bits per heavy atom. The number of carbonyl (C=O) groups excluding carboxylic acids is 1. The summed E-state index contributed by atoms with van der Waals surface area (Å²) >= 11 is 4.17. The Hall–Kier alpha value is -0.600. The molecule has 8 heteroatoms. The van der Waals surface area contributed by atoms with Gasteiger partial charge >= 0.3 is 6.18 Å². The molecular weight excluding hydrogens is 311 g/mol. The molecule has 90 valence electrons. The summed E-state index contributed by atoms with van der Waals surface area (Å²) in [4.78, 5) is 11.6. The highest BCUT2D eigenvalue weighted by Crippen LogP contribution is 2.23. The van der Waals surface area contributed by atoms with E-state index in [0.29, 0.717) is 4.47 Å². The number of halogens is 4. The van der Waals surface area contributed by atoms with Gasteiger partial charge in [-0.2, -0.15) is 13.2 Å². The number of amides is 1. The van der Waals surface area contributed by atoms with E-state index in [0.717, 1.165) is 11.3 Å². The Balaban J connectivity index is 2.52. The lowest BCUT2D eigenvalue weighted by atomic mass is 10.3. The van der Waals surface area contributed by atoms with Crippen molar-refractivity contribution in [3.8, 4) is 0 Å². The monoisotopic (exact) mass is 317 g/mol. The lowest BCUT2D eigenvalue weighted by Crippen LogP contribution is -2.40. The molecule has 0 fully saturated rings. The summed E-state index contributed by atoms with van der Waals surface area (Å²) in [5.74, 6) is -0.648. The molecule has 0 aliphatic heterocycles. The average Bonchev–Trinajstić information content (AvgIpc) is 2.58. The third-order valence-corrected chi connectivity index (χ3v) is 3.49.